The molecule has 2 aromatic rings. The van der Waals surface area contributed by atoms with Gasteiger partial charge in [-0.05, 0) is 6.07 Å². The monoisotopic (exact) mass is 304 g/mol. The number of carbonyl (C=O) groups excluding carboxylic acids is 1. The first-order valence-electron chi connectivity index (χ1n) is 6.60. The normalized spacial score (nSPS) is 10.3. The maximum atomic E-state index is 11.7. The average Bonchev–Trinajstić information content (AvgIpc) is 2.53. The van der Waals surface area contributed by atoms with Crippen molar-refractivity contribution in [3.05, 3.63) is 24.0 Å². The van der Waals surface area contributed by atoms with Gasteiger partial charge in [-0.2, -0.15) is 0 Å². The number of nitrogens with one attached hydrogen (secondary N) is 1. The van der Waals surface area contributed by atoms with Crippen molar-refractivity contribution in [3.63, 3.8) is 0 Å². The second-order valence-corrected chi connectivity index (χ2v) is 4.45. The lowest BCUT2D eigenvalue weighted by molar-refractivity contribution is -0.115. The highest BCUT2D eigenvalue weighted by atomic mass is 16.5. The Morgan fingerprint density at radius 2 is 2.05 bits per heavy atom. The van der Waals surface area contributed by atoms with Gasteiger partial charge >= 0.3 is 5.97 Å². The van der Waals surface area contributed by atoms with Crippen LogP contribution in [0.2, 0.25) is 0 Å². The van der Waals surface area contributed by atoms with E-state index in [1.807, 2.05) is 0 Å². The molecular formula is C15H16N2O5. The zero-order valence-electron chi connectivity index (χ0n) is 12.5. The number of amides is 1. The van der Waals surface area contributed by atoms with Crippen molar-refractivity contribution in [1.29, 1.82) is 0 Å². The van der Waals surface area contributed by atoms with Gasteiger partial charge in [-0.1, -0.05) is 6.92 Å². The zero-order chi connectivity index (χ0) is 16.3. The molecule has 7 heteroatoms. The summed E-state index contributed by atoms with van der Waals surface area (Å²) in [7, 11) is 2.85. The van der Waals surface area contributed by atoms with E-state index in [0.717, 1.165) is 0 Å². The quantitative estimate of drug-likeness (QED) is 0.879. The van der Waals surface area contributed by atoms with Crippen LogP contribution in [0.15, 0.2) is 18.3 Å². The highest BCUT2D eigenvalue weighted by molar-refractivity contribution is 6.12. The van der Waals surface area contributed by atoms with Crippen molar-refractivity contribution in [3.8, 4) is 11.5 Å². The lowest BCUT2D eigenvalue weighted by Crippen LogP contribution is -2.11. The second kappa shape index (κ2) is 6.30. The Bertz CT molecular complexity index is 742. The van der Waals surface area contributed by atoms with Gasteiger partial charge < -0.3 is 19.9 Å². The summed E-state index contributed by atoms with van der Waals surface area (Å²) < 4.78 is 10.5. The molecule has 0 radical (unpaired) electrons. The van der Waals surface area contributed by atoms with Crippen LogP contribution >= 0.6 is 0 Å². The first kappa shape index (κ1) is 15.6. The average molecular weight is 304 g/mol. The van der Waals surface area contributed by atoms with Crippen LogP contribution in [0.25, 0.3) is 10.8 Å². The van der Waals surface area contributed by atoms with Crippen LogP contribution < -0.4 is 14.8 Å². The van der Waals surface area contributed by atoms with Gasteiger partial charge in [-0.3, -0.25) is 4.79 Å². The number of hydrogen-bond donors (Lipinski definition) is 2. The molecule has 0 aliphatic heterocycles. The van der Waals surface area contributed by atoms with E-state index in [0.29, 0.717) is 23.2 Å². The molecule has 0 atom stereocenters. The van der Waals surface area contributed by atoms with Crippen LogP contribution in [0, 0.1) is 0 Å². The fourth-order valence-corrected chi connectivity index (χ4v) is 2.17. The van der Waals surface area contributed by atoms with Gasteiger partial charge in [0.1, 0.15) is 0 Å². The molecule has 2 N–H and O–H groups in total. The summed E-state index contributed by atoms with van der Waals surface area (Å²) in [4.78, 5) is 27.0. The van der Waals surface area contributed by atoms with E-state index in [1.165, 1.54) is 20.4 Å². The predicted octanol–water partition coefficient (Wildman–Crippen LogP) is 2.30. The van der Waals surface area contributed by atoms with Gasteiger partial charge in [0.05, 0.1) is 25.3 Å². The topological polar surface area (TPSA) is 97.8 Å². The van der Waals surface area contributed by atoms with Crippen LogP contribution in [-0.4, -0.2) is 36.2 Å². The minimum absolute atomic E-state index is 0.166. The Morgan fingerprint density at radius 3 is 2.59 bits per heavy atom. The third kappa shape index (κ3) is 2.65. The molecule has 0 saturated heterocycles. The molecular weight excluding hydrogens is 288 g/mol. The second-order valence-electron chi connectivity index (χ2n) is 4.45. The number of fused-ring (bicyclic) bond motifs is 1. The molecule has 0 unspecified atom stereocenters. The Balaban J connectivity index is 2.85. The molecule has 1 aromatic carbocycles. The number of carboxylic acids is 1. The fraction of sp³-hybridized carbons (Fsp3) is 0.267. The molecule has 1 amide bonds. The Hall–Kier alpha value is -2.83. The van der Waals surface area contributed by atoms with Crippen LogP contribution in [0.4, 0.5) is 5.69 Å². The Labute approximate surface area is 126 Å². The summed E-state index contributed by atoms with van der Waals surface area (Å²) in [5.41, 5.74) is 0.282. The number of nitrogens with zero attached hydrogens (tertiary/aromatic N) is 1. The van der Waals surface area contributed by atoms with Crippen LogP contribution in [0.1, 0.15) is 23.8 Å². The van der Waals surface area contributed by atoms with Gasteiger partial charge in [0.2, 0.25) is 5.91 Å². The first-order chi connectivity index (χ1) is 10.5. The molecule has 0 fully saturated rings. The van der Waals surface area contributed by atoms with Crippen molar-refractivity contribution in [2.45, 2.75) is 13.3 Å². The lowest BCUT2D eigenvalue weighted by Gasteiger charge is -2.16. The van der Waals surface area contributed by atoms with Crippen molar-refractivity contribution in [2.24, 2.45) is 0 Å². The van der Waals surface area contributed by atoms with E-state index in [-0.39, 0.29) is 22.7 Å². The van der Waals surface area contributed by atoms with Gasteiger partial charge in [0, 0.05) is 24.1 Å². The minimum atomic E-state index is -1.19. The van der Waals surface area contributed by atoms with E-state index in [1.54, 1.807) is 19.1 Å². The van der Waals surface area contributed by atoms with Crippen LogP contribution in [0.3, 0.4) is 0 Å². The maximum Gasteiger partial charge on any atom is 0.355 e. The third-order valence-electron chi connectivity index (χ3n) is 3.19. The molecule has 116 valence electrons. The standard InChI is InChI=1S/C15H16N2O5/c1-4-11(18)17-9-7-10(21-2)14(22-3)12-8(9)5-6-16-13(12)15(19)20/h5-7H,4H2,1-3H3,(H,17,18)(H,19,20). The summed E-state index contributed by atoms with van der Waals surface area (Å²) in [5, 5.41) is 12.9. The number of carboxylic acid groups (broad SMARTS) is 1. The molecule has 7 nitrogen and oxygen atoms in total. The van der Waals surface area contributed by atoms with Crippen molar-refractivity contribution in [2.75, 3.05) is 19.5 Å². The molecule has 0 aliphatic rings. The number of aromatic carboxylic acids is 1. The summed E-state index contributed by atoms with van der Waals surface area (Å²) >= 11 is 0. The molecule has 1 aromatic heterocycles. The van der Waals surface area contributed by atoms with Crippen molar-refractivity contribution < 1.29 is 24.2 Å². The number of aromatic nitrogens is 1. The largest absolute Gasteiger partial charge is 0.493 e. The molecule has 1 heterocycles. The van der Waals surface area contributed by atoms with Crippen molar-refractivity contribution in [1.82, 2.24) is 4.98 Å². The number of rotatable bonds is 5. The number of ether oxygens (including phenoxy) is 2. The molecule has 0 spiro atoms. The number of methoxy groups -OCH3 is 2. The van der Waals surface area contributed by atoms with E-state index >= 15 is 0 Å². The predicted molar refractivity (Wildman–Crippen MR) is 80.7 cm³/mol. The van der Waals surface area contributed by atoms with Gasteiger partial charge in [-0.15, -0.1) is 0 Å². The third-order valence-corrected chi connectivity index (χ3v) is 3.19. The lowest BCUT2D eigenvalue weighted by atomic mass is 10.1. The number of hydrogen-bond acceptors (Lipinski definition) is 5. The number of pyridine rings is 1. The molecule has 2 rings (SSSR count). The van der Waals surface area contributed by atoms with Crippen LogP contribution in [-0.2, 0) is 4.79 Å². The summed E-state index contributed by atoms with van der Waals surface area (Å²) in [6, 6.07) is 3.22. The summed E-state index contributed by atoms with van der Waals surface area (Å²) in [5.74, 6) is -0.804. The van der Waals surface area contributed by atoms with Gasteiger partial charge in [-0.25, -0.2) is 9.78 Å². The van der Waals surface area contributed by atoms with Crippen molar-refractivity contribution >= 4 is 28.3 Å². The smallest absolute Gasteiger partial charge is 0.355 e. The van der Waals surface area contributed by atoms with Crippen LogP contribution in [0.5, 0.6) is 11.5 Å². The SMILES string of the molecule is CCC(=O)Nc1cc(OC)c(OC)c2c(C(=O)O)nccc12. The highest BCUT2D eigenvalue weighted by Crippen LogP contribution is 2.41. The number of anilines is 1. The molecule has 0 saturated carbocycles. The Kier molecular flexibility index (Phi) is 4.45. The first-order valence-corrected chi connectivity index (χ1v) is 6.60. The van der Waals surface area contributed by atoms with E-state index in [2.05, 4.69) is 10.3 Å². The zero-order valence-corrected chi connectivity index (χ0v) is 12.5. The number of carbonyl (C=O) groups is 2. The number of benzene rings is 1. The van der Waals surface area contributed by atoms with Gasteiger partial charge in [0.25, 0.3) is 0 Å². The summed E-state index contributed by atoms with van der Waals surface area (Å²) in [6.07, 6.45) is 1.67. The highest BCUT2D eigenvalue weighted by Gasteiger charge is 2.21. The molecule has 0 bridgehead atoms. The molecule has 0 aliphatic carbocycles. The fourth-order valence-electron chi connectivity index (χ4n) is 2.17. The summed E-state index contributed by atoms with van der Waals surface area (Å²) in [6.45, 7) is 1.72. The van der Waals surface area contributed by atoms with E-state index in [9.17, 15) is 14.7 Å². The van der Waals surface area contributed by atoms with E-state index < -0.39 is 5.97 Å². The van der Waals surface area contributed by atoms with E-state index in [4.69, 9.17) is 9.47 Å². The molecule has 22 heavy (non-hydrogen) atoms. The van der Waals surface area contributed by atoms with Gasteiger partial charge in [0.15, 0.2) is 17.2 Å². The minimum Gasteiger partial charge on any atom is -0.493 e. The maximum absolute atomic E-state index is 11.7. The Morgan fingerprint density at radius 1 is 1.32 bits per heavy atom.